The largest absolute Gasteiger partial charge is 0.489 e. The number of carbonyl (C=O) groups is 4. The molecule has 4 aromatic rings. The molecule has 336 valence electrons. The monoisotopic (exact) mass is 868 g/mol. The number of fused-ring (bicyclic) bond motifs is 2. The molecule has 3 atom stereocenters. The third-order valence-corrected chi connectivity index (χ3v) is 14.3. The van der Waals surface area contributed by atoms with E-state index in [9.17, 15) is 29.2 Å². The number of rotatable bonds is 13. The molecule has 0 aliphatic carbocycles. The standard InChI is InChI=1S/C50H60N8O6/c1-6-42(50(3,4)43(7-2)64-41-16-11-34(29-51)46-45(41)40(59)20-21-54(46)5)52-47(61)33-8-12-36(13-9-33)56-22-18-32(19-23-56)30-55-24-26-57(27-25-55)37-14-10-35-31-58(49(63)38(35)28-37)39-15-17-44(60)53-48(39)62/h8-14,16,20-21,28,32,39,42-43H,6-7,15,17-19,22-27,30-31H2,1-5H3,(H,52,61)(H,53,60,62)/t39?,42?,43-/m1/s1. The Morgan fingerprint density at radius 1 is 0.891 bits per heavy atom. The summed E-state index contributed by atoms with van der Waals surface area (Å²) in [4.78, 5) is 73.3. The smallest absolute Gasteiger partial charge is 0.255 e. The van der Waals surface area contributed by atoms with E-state index in [0.717, 1.165) is 75.6 Å². The van der Waals surface area contributed by atoms with Gasteiger partial charge in [0.05, 0.1) is 16.5 Å². The minimum Gasteiger partial charge on any atom is -0.489 e. The van der Waals surface area contributed by atoms with Crippen LogP contribution < -0.4 is 30.6 Å². The summed E-state index contributed by atoms with van der Waals surface area (Å²) in [6.07, 6.45) is 5.45. The van der Waals surface area contributed by atoms with Gasteiger partial charge in [-0.3, -0.25) is 34.2 Å². The van der Waals surface area contributed by atoms with Gasteiger partial charge in [0.15, 0.2) is 5.43 Å². The number of aromatic nitrogens is 1. The number of amides is 4. The van der Waals surface area contributed by atoms with Gasteiger partial charge in [0.25, 0.3) is 11.8 Å². The Morgan fingerprint density at radius 2 is 1.59 bits per heavy atom. The summed E-state index contributed by atoms with van der Waals surface area (Å²) < 4.78 is 8.40. The van der Waals surface area contributed by atoms with Crippen molar-refractivity contribution in [3.63, 3.8) is 0 Å². The van der Waals surface area contributed by atoms with Gasteiger partial charge in [0.2, 0.25) is 11.8 Å². The number of benzene rings is 3. The Balaban J connectivity index is 0.808. The zero-order chi connectivity index (χ0) is 45.3. The van der Waals surface area contributed by atoms with Crippen molar-refractivity contribution in [2.75, 3.05) is 55.6 Å². The minimum absolute atomic E-state index is 0.140. The van der Waals surface area contributed by atoms with E-state index >= 15 is 0 Å². The number of aryl methyl sites for hydroxylation is 1. The van der Waals surface area contributed by atoms with Crippen molar-refractivity contribution >= 4 is 45.9 Å². The molecule has 3 saturated heterocycles. The van der Waals surface area contributed by atoms with E-state index in [0.29, 0.717) is 65.1 Å². The van der Waals surface area contributed by atoms with Crippen LogP contribution in [0.5, 0.6) is 5.75 Å². The van der Waals surface area contributed by atoms with Gasteiger partial charge in [-0.05, 0) is 92.1 Å². The number of nitrogens with one attached hydrogen (secondary N) is 2. The van der Waals surface area contributed by atoms with Crippen LogP contribution >= 0.6 is 0 Å². The third-order valence-electron chi connectivity index (χ3n) is 14.3. The summed E-state index contributed by atoms with van der Waals surface area (Å²) >= 11 is 0. The normalized spacial score (nSPS) is 19.6. The number of carbonyl (C=O) groups excluding carboxylic acids is 4. The molecule has 1 aromatic heterocycles. The molecular formula is C50H60N8O6. The van der Waals surface area contributed by atoms with Crippen molar-refractivity contribution in [3.05, 3.63) is 99.3 Å². The first-order chi connectivity index (χ1) is 30.8. The SMILES string of the molecule is CCC(NC(=O)c1ccc(N2CCC(CN3CCN(c4ccc5c(c4)C(=O)N(C4CCC(=O)NC4=O)C5)CC3)CC2)cc1)C(C)(C)[C@@H](CC)Oc1ccc(C#N)c2c1c(=O)ccn2C. The third kappa shape index (κ3) is 8.82. The summed E-state index contributed by atoms with van der Waals surface area (Å²) in [5.41, 5.74) is 4.55. The average molecular weight is 869 g/mol. The van der Waals surface area contributed by atoms with Gasteiger partial charge >= 0.3 is 0 Å². The number of hydrogen-bond acceptors (Lipinski definition) is 10. The number of anilines is 2. The zero-order valence-corrected chi connectivity index (χ0v) is 37.7. The Morgan fingerprint density at radius 3 is 2.27 bits per heavy atom. The molecule has 0 saturated carbocycles. The molecule has 4 aliphatic rings. The van der Waals surface area contributed by atoms with Gasteiger partial charge in [-0.1, -0.05) is 33.8 Å². The van der Waals surface area contributed by atoms with Crippen LogP contribution in [-0.4, -0.2) is 102 Å². The van der Waals surface area contributed by atoms with Crippen molar-refractivity contribution in [1.82, 2.24) is 25.0 Å². The molecule has 0 radical (unpaired) electrons. The average Bonchev–Trinajstić information content (AvgIpc) is 3.63. The first-order valence-corrected chi connectivity index (χ1v) is 22.9. The number of ether oxygens (including phenoxy) is 1. The van der Waals surface area contributed by atoms with E-state index in [4.69, 9.17) is 4.74 Å². The summed E-state index contributed by atoms with van der Waals surface area (Å²) in [6, 6.07) is 20.2. The molecule has 0 spiro atoms. The van der Waals surface area contributed by atoms with Crippen LogP contribution in [0.1, 0.15) is 98.1 Å². The fraction of sp³-hybridized carbons (Fsp3) is 0.480. The number of imide groups is 1. The molecule has 8 rings (SSSR count). The summed E-state index contributed by atoms with van der Waals surface area (Å²) in [6.45, 7) is 15.3. The fourth-order valence-corrected chi connectivity index (χ4v) is 10.4. The number of piperidine rings is 2. The fourth-order valence-electron chi connectivity index (χ4n) is 10.4. The Labute approximate surface area is 375 Å². The molecular weight excluding hydrogens is 809 g/mol. The maximum Gasteiger partial charge on any atom is 0.255 e. The van der Waals surface area contributed by atoms with Crippen LogP contribution in [-0.2, 0) is 23.2 Å². The van der Waals surface area contributed by atoms with Gasteiger partial charge in [-0.15, -0.1) is 0 Å². The maximum absolute atomic E-state index is 13.7. The predicted molar refractivity (Wildman–Crippen MR) is 246 cm³/mol. The second-order valence-corrected chi connectivity index (χ2v) is 18.5. The van der Waals surface area contributed by atoms with Gasteiger partial charge in [-0.25, -0.2) is 0 Å². The predicted octanol–water partition coefficient (Wildman–Crippen LogP) is 5.60. The Hall–Kier alpha value is -6.20. The van der Waals surface area contributed by atoms with Crippen LogP contribution in [0.25, 0.3) is 10.9 Å². The van der Waals surface area contributed by atoms with E-state index in [2.05, 4.69) is 58.2 Å². The van der Waals surface area contributed by atoms with E-state index in [1.165, 1.54) is 6.07 Å². The quantitative estimate of drug-likeness (QED) is 0.162. The van der Waals surface area contributed by atoms with E-state index in [-0.39, 0.29) is 47.6 Å². The molecule has 14 nitrogen and oxygen atoms in total. The topological polar surface area (TPSA) is 160 Å². The van der Waals surface area contributed by atoms with Crippen molar-refractivity contribution in [3.8, 4) is 11.8 Å². The zero-order valence-electron chi connectivity index (χ0n) is 37.7. The van der Waals surface area contributed by atoms with Crippen LogP contribution in [0.2, 0.25) is 0 Å². The highest BCUT2D eigenvalue weighted by atomic mass is 16.5. The minimum atomic E-state index is -0.609. The van der Waals surface area contributed by atoms with Crippen molar-refractivity contribution < 1.29 is 23.9 Å². The molecule has 0 bridgehead atoms. The van der Waals surface area contributed by atoms with Crippen LogP contribution in [0.3, 0.4) is 0 Å². The lowest BCUT2D eigenvalue weighted by atomic mass is 9.76. The van der Waals surface area contributed by atoms with E-state index in [1.807, 2.05) is 50.4 Å². The molecule has 4 aliphatic heterocycles. The molecule has 4 amide bonds. The molecule has 3 fully saturated rings. The first kappa shape index (κ1) is 44.4. The Kier molecular flexibility index (Phi) is 12.8. The number of pyridine rings is 1. The first-order valence-electron chi connectivity index (χ1n) is 22.9. The van der Waals surface area contributed by atoms with E-state index in [1.54, 1.807) is 27.8 Å². The lowest BCUT2D eigenvalue weighted by Gasteiger charge is -2.41. The lowest BCUT2D eigenvalue weighted by molar-refractivity contribution is -0.136. The van der Waals surface area contributed by atoms with Crippen molar-refractivity contribution in [1.29, 1.82) is 5.26 Å². The second kappa shape index (κ2) is 18.5. The number of hydrogen-bond donors (Lipinski definition) is 2. The summed E-state index contributed by atoms with van der Waals surface area (Å²) in [5, 5.41) is 15.8. The van der Waals surface area contributed by atoms with Crippen LogP contribution in [0.15, 0.2) is 71.7 Å². The maximum atomic E-state index is 13.7. The summed E-state index contributed by atoms with van der Waals surface area (Å²) in [5.74, 6) is 0.0896. The van der Waals surface area contributed by atoms with Crippen LogP contribution in [0, 0.1) is 22.7 Å². The van der Waals surface area contributed by atoms with Gasteiger partial charge in [0.1, 0.15) is 24.0 Å². The molecule has 64 heavy (non-hydrogen) atoms. The van der Waals surface area contributed by atoms with Crippen LogP contribution in [0.4, 0.5) is 11.4 Å². The molecule has 14 heteroatoms. The second-order valence-electron chi connectivity index (χ2n) is 18.5. The number of piperazine rings is 1. The van der Waals surface area contributed by atoms with Gasteiger partial charge in [-0.2, -0.15) is 5.26 Å². The van der Waals surface area contributed by atoms with E-state index < -0.39 is 11.5 Å². The number of nitrogens with zero attached hydrogens (tertiary/aromatic N) is 6. The van der Waals surface area contributed by atoms with Gasteiger partial charge < -0.3 is 29.3 Å². The molecule has 3 aromatic carbocycles. The highest BCUT2D eigenvalue weighted by Gasteiger charge is 2.41. The van der Waals surface area contributed by atoms with Crippen molar-refractivity contribution in [2.24, 2.45) is 18.4 Å². The number of nitriles is 1. The van der Waals surface area contributed by atoms with Gasteiger partial charge in [0, 0.05) is 112 Å². The Bertz CT molecular complexity index is 2530. The molecule has 5 heterocycles. The lowest BCUT2D eigenvalue weighted by Crippen LogP contribution is -2.52. The highest BCUT2D eigenvalue weighted by Crippen LogP contribution is 2.36. The summed E-state index contributed by atoms with van der Waals surface area (Å²) in [7, 11) is 1.81. The van der Waals surface area contributed by atoms with Crippen molar-refractivity contribution in [2.45, 2.75) is 91.0 Å². The molecule has 2 N–H and O–H groups in total. The highest BCUT2D eigenvalue weighted by molar-refractivity contribution is 6.05. The molecule has 2 unspecified atom stereocenters.